The normalized spacial score (nSPS) is 18.5. The van der Waals surface area contributed by atoms with Crippen LogP contribution in [0.4, 0.5) is 10.5 Å². The number of urea groups is 1. The van der Waals surface area contributed by atoms with E-state index >= 15 is 0 Å². The average Bonchev–Trinajstić information content (AvgIpc) is 3.41. The molecule has 2 fully saturated rings. The Morgan fingerprint density at radius 2 is 1.84 bits per heavy atom. The number of nitrogens with zero attached hydrogens (tertiary/aromatic N) is 5. The third kappa shape index (κ3) is 4.62. The second-order valence-corrected chi connectivity index (χ2v) is 7.32. The maximum absolute atomic E-state index is 12.8. The first-order valence-corrected chi connectivity index (χ1v) is 10.1. The highest BCUT2D eigenvalue weighted by atomic mass is 16.5. The number of amides is 3. The van der Waals surface area contributed by atoms with Crippen LogP contribution in [0.2, 0.25) is 0 Å². The molecule has 1 aromatic carbocycles. The fraction of sp³-hybridized carbons (Fsp3) is 0.429. The Kier molecular flexibility index (Phi) is 6.06. The standard InChI is InChI=1S/C21H25N5O5/c1-29-16-5-3-15(4-6-16)26-10-9-25(21(26)28)14-20(27)24-8-7-17(13-24)31-19-12-22-11-18(23-19)30-2/h3-6,11-12,17H,7-10,13-14H2,1-2H3. The number of carbonyl (C=O) groups excluding carboxylic acids is 2. The van der Waals surface area contributed by atoms with Gasteiger partial charge in [-0.25, -0.2) is 4.79 Å². The smallest absolute Gasteiger partial charge is 0.325 e. The summed E-state index contributed by atoms with van der Waals surface area (Å²) < 4.78 is 16.0. The predicted octanol–water partition coefficient (Wildman–Crippen LogP) is 1.42. The topological polar surface area (TPSA) is 97.3 Å². The zero-order valence-electron chi connectivity index (χ0n) is 17.6. The number of methoxy groups -OCH3 is 2. The maximum atomic E-state index is 12.8. The Labute approximate surface area is 180 Å². The van der Waals surface area contributed by atoms with Crippen LogP contribution in [0.15, 0.2) is 36.7 Å². The van der Waals surface area contributed by atoms with Crippen molar-refractivity contribution >= 4 is 17.6 Å². The number of carbonyl (C=O) groups is 2. The molecule has 31 heavy (non-hydrogen) atoms. The Morgan fingerprint density at radius 1 is 1.06 bits per heavy atom. The van der Waals surface area contributed by atoms with Crippen LogP contribution in [0.25, 0.3) is 0 Å². The Hall–Kier alpha value is -3.56. The van der Waals surface area contributed by atoms with Gasteiger partial charge < -0.3 is 24.0 Å². The number of anilines is 1. The molecule has 2 saturated heterocycles. The molecule has 0 radical (unpaired) electrons. The third-order valence-electron chi connectivity index (χ3n) is 5.39. The molecule has 4 rings (SSSR count). The molecule has 0 N–H and O–H groups in total. The van der Waals surface area contributed by atoms with Gasteiger partial charge in [-0.3, -0.25) is 14.7 Å². The predicted molar refractivity (Wildman–Crippen MR) is 112 cm³/mol. The Bertz CT molecular complexity index is 938. The minimum Gasteiger partial charge on any atom is -0.497 e. The van der Waals surface area contributed by atoms with Crippen molar-refractivity contribution in [1.29, 1.82) is 0 Å². The van der Waals surface area contributed by atoms with Crippen LogP contribution in [0.1, 0.15) is 6.42 Å². The van der Waals surface area contributed by atoms with Crippen LogP contribution < -0.4 is 19.1 Å². The molecule has 10 nitrogen and oxygen atoms in total. The number of rotatable bonds is 7. The summed E-state index contributed by atoms with van der Waals surface area (Å²) in [7, 11) is 3.11. The summed E-state index contributed by atoms with van der Waals surface area (Å²) >= 11 is 0. The first-order valence-electron chi connectivity index (χ1n) is 10.1. The van der Waals surface area contributed by atoms with Crippen molar-refractivity contribution < 1.29 is 23.8 Å². The van der Waals surface area contributed by atoms with E-state index in [2.05, 4.69) is 9.97 Å². The van der Waals surface area contributed by atoms with Crippen molar-refractivity contribution in [2.75, 3.05) is 51.8 Å². The SMILES string of the molecule is COc1ccc(N2CCN(CC(=O)N3CCC(Oc4cncc(OC)n4)C3)C2=O)cc1. The highest BCUT2D eigenvalue weighted by Gasteiger charge is 2.34. The van der Waals surface area contributed by atoms with Crippen LogP contribution in [-0.4, -0.2) is 84.8 Å². The van der Waals surface area contributed by atoms with Gasteiger partial charge in [-0.2, -0.15) is 4.98 Å². The fourth-order valence-corrected chi connectivity index (χ4v) is 3.70. The summed E-state index contributed by atoms with van der Waals surface area (Å²) in [5, 5.41) is 0. The highest BCUT2D eigenvalue weighted by Crippen LogP contribution is 2.24. The van der Waals surface area contributed by atoms with E-state index in [1.54, 1.807) is 21.8 Å². The van der Waals surface area contributed by atoms with Gasteiger partial charge in [0.05, 0.1) is 33.2 Å². The molecule has 0 aliphatic carbocycles. The lowest BCUT2D eigenvalue weighted by atomic mass is 10.3. The number of benzene rings is 1. The number of ether oxygens (including phenoxy) is 3. The molecule has 1 aromatic heterocycles. The second kappa shape index (κ2) is 9.07. The van der Waals surface area contributed by atoms with E-state index in [4.69, 9.17) is 14.2 Å². The minimum atomic E-state index is -0.171. The van der Waals surface area contributed by atoms with E-state index < -0.39 is 0 Å². The molecule has 2 aromatic rings. The van der Waals surface area contributed by atoms with Crippen molar-refractivity contribution in [1.82, 2.24) is 19.8 Å². The third-order valence-corrected chi connectivity index (χ3v) is 5.39. The first kappa shape index (κ1) is 20.7. The molecule has 0 bridgehead atoms. The monoisotopic (exact) mass is 427 g/mol. The molecular weight excluding hydrogens is 402 g/mol. The molecule has 10 heteroatoms. The molecule has 1 atom stereocenters. The maximum Gasteiger partial charge on any atom is 0.325 e. The zero-order chi connectivity index (χ0) is 21.8. The van der Waals surface area contributed by atoms with Crippen LogP contribution >= 0.6 is 0 Å². The van der Waals surface area contributed by atoms with E-state index in [-0.39, 0.29) is 24.6 Å². The van der Waals surface area contributed by atoms with Crippen LogP contribution in [0, 0.1) is 0 Å². The van der Waals surface area contributed by atoms with E-state index in [1.165, 1.54) is 19.5 Å². The number of hydrogen-bond acceptors (Lipinski definition) is 7. The molecule has 2 aliphatic heterocycles. The number of hydrogen-bond donors (Lipinski definition) is 0. The van der Waals surface area contributed by atoms with Crippen LogP contribution in [-0.2, 0) is 4.79 Å². The van der Waals surface area contributed by atoms with Crippen molar-refractivity contribution in [3.63, 3.8) is 0 Å². The summed E-state index contributed by atoms with van der Waals surface area (Å²) in [4.78, 5) is 38.7. The van der Waals surface area contributed by atoms with Crippen molar-refractivity contribution in [3.05, 3.63) is 36.7 Å². The van der Waals surface area contributed by atoms with Gasteiger partial charge >= 0.3 is 6.03 Å². The van der Waals surface area contributed by atoms with Gasteiger partial charge in [0.1, 0.15) is 18.4 Å². The molecule has 1 unspecified atom stereocenters. The molecule has 0 saturated carbocycles. The summed E-state index contributed by atoms with van der Waals surface area (Å²) in [6.45, 7) is 2.12. The van der Waals surface area contributed by atoms with Crippen molar-refractivity contribution in [2.45, 2.75) is 12.5 Å². The molecule has 3 amide bonds. The van der Waals surface area contributed by atoms with Gasteiger partial charge in [0.25, 0.3) is 0 Å². The molecule has 2 aliphatic rings. The van der Waals surface area contributed by atoms with Gasteiger partial charge in [-0.1, -0.05) is 0 Å². The van der Waals surface area contributed by atoms with Gasteiger partial charge in [0, 0.05) is 31.7 Å². The van der Waals surface area contributed by atoms with E-state index in [9.17, 15) is 9.59 Å². The summed E-state index contributed by atoms with van der Waals surface area (Å²) in [6.07, 6.45) is 3.54. The van der Waals surface area contributed by atoms with Gasteiger partial charge in [-0.05, 0) is 24.3 Å². The first-order chi connectivity index (χ1) is 15.1. The fourth-order valence-electron chi connectivity index (χ4n) is 3.70. The number of likely N-dealkylation sites (tertiary alicyclic amines) is 1. The van der Waals surface area contributed by atoms with Gasteiger partial charge in [0.15, 0.2) is 0 Å². The molecule has 164 valence electrons. The van der Waals surface area contributed by atoms with Crippen molar-refractivity contribution in [3.8, 4) is 17.5 Å². The quantitative estimate of drug-likeness (QED) is 0.659. The van der Waals surface area contributed by atoms with Crippen LogP contribution in [0.3, 0.4) is 0 Å². The summed E-state index contributed by atoms with van der Waals surface area (Å²) in [5.41, 5.74) is 0.787. The molecular formula is C21H25N5O5. The van der Waals surface area contributed by atoms with E-state index in [0.29, 0.717) is 44.4 Å². The number of aromatic nitrogens is 2. The van der Waals surface area contributed by atoms with Gasteiger partial charge in [-0.15, -0.1) is 0 Å². The minimum absolute atomic E-state index is 0.0528. The largest absolute Gasteiger partial charge is 0.497 e. The Morgan fingerprint density at radius 3 is 2.58 bits per heavy atom. The highest BCUT2D eigenvalue weighted by molar-refractivity contribution is 5.96. The summed E-state index contributed by atoms with van der Waals surface area (Å²) in [5.74, 6) is 1.38. The Balaban J connectivity index is 1.30. The van der Waals surface area contributed by atoms with Crippen molar-refractivity contribution in [2.24, 2.45) is 0 Å². The average molecular weight is 427 g/mol. The van der Waals surface area contributed by atoms with Gasteiger partial charge in [0.2, 0.25) is 17.7 Å². The zero-order valence-corrected chi connectivity index (χ0v) is 17.6. The molecule has 3 heterocycles. The lowest BCUT2D eigenvalue weighted by Crippen LogP contribution is -2.42. The van der Waals surface area contributed by atoms with E-state index in [0.717, 1.165) is 11.4 Å². The summed E-state index contributed by atoms with van der Waals surface area (Å²) in [6, 6.07) is 7.14. The second-order valence-electron chi connectivity index (χ2n) is 7.32. The van der Waals surface area contributed by atoms with E-state index in [1.807, 2.05) is 24.3 Å². The van der Waals surface area contributed by atoms with Crippen LogP contribution in [0.5, 0.6) is 17.5 Å². The molecule has 0 spiro atoms. The lowest BCUT2D eigenvalue weighted by Gasteiger charge is -2.22. The lowest BCUT2D eigenvalue weighted by molar-refractivity contribution is -0.130.